The van der Waals surface area contributed by atoms with Gasteiger partial charge in [0.15, 0.2) is 5.17 Å². The fourth-order valence-corrected chi connectivity index (χ4v) is 3.86. The summed E-state index contributed by atoms with van der Waals surface area (Å²) in [4.78, 5) is 17.8. The van der Waals surface area contributed by atoms with E-state index in [9.17, 15) is 4.79 Å². The number of aliphatic imine (C=N–C) groups is 1. The summed E-state index contributed by atoms with van der Waals surface area (Å²) in [5.41, 5.74) is 6.74. The first-order chi connectivity index (χ1) is 13.0. The summed E-state index contributed by atoms with van der Waals surface area (Å²) >= 11 is 1.41. The Hall–Kier alpha value is -2.33. The predicted octanol–water partition coefficient (Wildman–Crippen LogP) is 5.93. The normalized spacial score (nSPS) is 17.3. The molecule has 1 heterocycles. The van der Waals surface area contributed by atoms with Crippen LogP contribution in [0, 0.1) is 13.8 Å². The van der Waals surface area contributed by atoms with E-state index in [-0.39, 0.29) is 5.91 Å². The smallest absolute Gasteiger partial charge is 0.264 e. The lowest BCUT2D eigenvalue weighted by molar-refractivity contribution is -0.115. The molecule has 4 heteroatoms. The zero-order valence-corrected chi connectivity index (χ0v) is 17.2. The Bertz CT molecular complexity index is 910. The average molecular weight is 379 g/mol. The Morgan fingerprint density at radius 1 is 1.07 bits per heavy atom. The van der Waals surface area contributed by atoms with E-state index in [1.165, 1.54) is 41.3 Å². The molecule has 0 saturated carbocycles. The molecule has 3 nitrogen and oxygen atoms in total. The van der Waals surface area contributed by atoms with Crippen LogP contribution in [-0.2, 0) is 11.2 Å². The first kappa shape index (κ1) is 19.4. The molecule has 0 aliphatic carbocycles. The molecule has 0 radical (unpaired) electrons. The molecule has 0 atom stereocenters. The van der Waals surface area contributed by atoms with Crippen molar-refractivity contribution in [2.75, 3.05) is 0 Å². The lowest BCUT2D eigenvalue weighted by Gasteiger charge is -2.07. The third-order valence-corrected chi connectivity index (χ3v) is 5.97. The maximum absolute atomic E-state index is 12.4. The van der Waals surface area contributed by atoms with Crippen LogP contribution < -0.4 is 5.32 Å². The third kappa shape index (κ3) is 4.69. The highest BCUT2D eigenvalue weighted by Crippen LogP contribution is 2.33. The van der Waals surface area contributed by atoms with Crippen molar-refractivity contribution in [2.24, 2.45) is 4.99 Å². The fourth-order valence-electron chi connectivity index (χ4n) is 2.96. The largest absolute Gasteiger partial charge is 0.300 e. The highest BCUT2D eigenvalue weighted by atomic mass is 32.2. The molecule has 1 aliphatic rings. The summed E-state index contributed by atoms with van der Waals surface area (Å²) in [7, 11) is 0. The van der Waals surface area contributed by atoms with E-state index in [1.54, 1.807) is 0 Å². The number of amides is 1. The number of hydrogen-bond acceptors (Lipinski definition) is 3. The van der Waals surface area contributed by atoms with Crippen molar-refractivity contribution in [2.45, 2.75) is 47.0 Å². The van der Waals surface area contributed by atoms with Gasteiger partial charge in [-0.1, -0.05) is 43.7 Å². The van der Waals surface area contributed by atoms with E-state index in [2.05, 4.69) is 61.4 Å². The van der Waals surface area contributed by atoms with Gasteiger partial charge in [-0.3, -0.25) is 4.79 Å². The van der Waals surface area contributed by atoms with Gasteiger partial charge in [-0.05, 0) is 85.3 Å². The Labute approximate surface area is 166 Å². The topological polar surface area (TPSA) is 41.5 Å². The van der Waals surface area contributed by atoms with Crippen LogP contribution >= 0.6 is 11.8 Å². The Morgan fingerprint density at radius 3 is 2.48 bits per heavy atom. The number of amidine groups is 1. The molecule has 1 N–H and O–H groups in total. The van der Waals surface area contributed by atoms with Crippen LogP contribution in [0.2, 0.25) is 0 Å². The number of aryl methyl sites for hydroxylation is 3. The first-order valence-corrected chi connectivity index (χ1v) is 10.2. The van der Waals surface area contributed by atoms with E-state index in [0.29, 0.717) is 5.17 Å². The maximum atomic E-state index is 12.4. The molecule has 140 valence electrons. The van der Waals surface area contributed by atoms with E-state index in [0.717, 1.165) is 28.1 Å². The molecule has 0 bridgehead atoms. The Morgan fingerprint density at radius 2 is 1.81 bits per heavy atom. The van der Waals surface area contributed by atoms with Crippen molar-refractivity contribution >= 4 is 34.1 Å². The fraction of sp³-hybridized carbons (Fsp3) is 0.304. The van der Waals surface area contributed by atoms with Crippen molar-refractivity contribution in [1.29, 1.82) is 0 Å². The summed E-state index contributed by atoms with van der Waals surface area (Å²) in [5, 5.41) is 3.53. The van der Waals surface area contributed by atoms with Gasteiger partial charge >= 0.3 is 0 Å². The van der Waals surface area contributed by atoms with E-state index in [4.69, 9.17) is 0 Å². The highest BCUT2D eigenvalue weighted by molar-refractivity contribution is 8.18. The number of hydrogen-bond donors (Lipinski definition) is 1. The minimum absolute atomic E-state index is 0.0750. The SMILES string of the molecule is CCCCc1ccc(N=C2NC(=O)/C(=C(\C)c3ccc(C)c(C)c3)S2)cc1. The van der Waals surface area contributed by atoms with Gasteiger partial charge in [0.05, 0.1) is 10.6 Å². The lowest BCUT2D eigenvalue weighted by Crippen LogP contribution is -2.19. The molecule has 1 amide bonds. The Kier molecular flexibility index (Phi) is 6.17. The van der Waals surface area contributed by atoms with Gasteiger partial charge in [0.25, 0.3) is 5.91 Å². The molecule has 1 fully saturated rings. The minimum atomic E-state index is -0.0750. The zero-order chi connectivity index (χ0) is 19.4. The number of unbranched alkanes of at least 4 members (excludes halogenated alkanes) is 1. The van der Waals surface area contributed by atoms with Gasteiger partial charge < -0.3 is 5.32 Å². The summed E-state index contributed by atoms with van der Waals surface area (Å²) in [5.74, 6) is -0.0750. The molecule has 1 aliphatic heterocycles. The van der Waals surface area contributed by atoms with Crippen LogP contribution in [0.4, 0.5) is 5.69 Å². The van der Waals surface area contributed by atoms with Gasteiger partial charge in [0.2, 0.25) is 0 Å². The van der Waals surface area contributed by atoms with Gasteiger partial charge in [-0.15, -0.1) is 0 Å². The summed E-state index contributed by atoms with van der Waals surface area (Å²) in [6.45, 7) is 8.38. The second-order valence-corrected chi connectivity index (χ2v) is 8.00. The summed E-state index contributed by atoms with van der Waals surface area (Å²) in [6, 6.07) is 14.6. The van der Waals surface area contributed by atoms with Gasteiger partial charge in [0.1, 0.15) is 0 Å². The number of allylic oxidation sites excluding steroid dienone is 1. The third-order valence-electron chi connectivity index (χ3n) is 4.89. The second-order valence-electron chi connectivity index (χ2n) is 7.00. The summed E-state index contributed by atoms with van der Waals surface area (Å²) < 4.78 is 0. The van der Waals surface area contributed by atoms with Crippen molar-refractivity contribution in [3.8, 4) is 0 Å². The minimum Gasteiger partial charge on any atom is -0.300 e. The predicted molar refractivity (Wildman–Crippen MR) is 116 cm³/mol. The maximum Gasteiger partial charge on any atom is 0.264 e. The molecule has 27 heavy (non-hydrogen) atoms. The van der Waals surface area contributed by atoms with Crippen LogP contribution in [0.3, 0.4) is 0 Å². The molecule has 3 rings (SSSR count). The molecule has 0 unspecified atom stereocenters. The van der Waals surface area contributed by atoms with Crippen LogP contribution in [0.25, 0.3) is 5.57 Å². The second kappa shape index (κ2) is 8.57. The van der Waals surface area contributed by atoms with Crippen molar-refractivity contribution in [3.63, 3.8) is 0 Å². The quantitative estimate of drug-likeness (QED) is 0.655. The Balaban J connectivity index is 1.79. The number of carbonyl (C=O) groups excluding carboxylic acids is 1. The molecule has 1 saturated heterocycles. The molecular weight excluding hydrogens is 352 g/mol. The van der Waals surface area contributed by atoms with Crippen LogP contribution in [0.15, 0.2) is 52.4 Å². The number of thioether (sulfide) groups is 1. The number of rotatable bonds is 5. The number of nitrogens with zero attached hydrogens (tertiary/aromatic N) is 1. The summed E-state index contributed by atoms with van der Waals surface area (Å²) in [6.07, 6.45) is 3.49. The van der Waals surface area contributed by atoms with E-state index in [1.807, 2.05) is 19.1 Å². The molecular formula is C23H26N2OS. The van der Waals surface area contributed by atoms with E-state index >= 15 is 0 Å². The monoisotopic (exact) mass is 378 g/mol. The zero-order valence-electron chi connectivity index (χ0n) is 16.4. The molecule has 0 aromatic heterocycles. The molecule has 0 spiro atoms. The standard InChI is InChI=1S/C23H26N2OS/c1-5-6-7-18-9-12-20(13-10-18)24-23-25-22(26)21(27-23)17(4)19-11-8-15(2)16(3)14-19/h8-14H,5-7H2,1-4H3,(H,24,25,26)/b21-17-. The van der Waals surface area contributed by atoms with Crippen molar-refractivity contribution in [3.05, 3.63) is 69.6 Å². The molecule has 2 aromatic carbocycles. The highest BCUT2D eigenvalue weighted by Gasteiger charge is 2.26. The van der Waals surface area contributed by atoms with Gasteiger partial charge in [-0.25, -0.2) is 4.99 Å². The van der Waals surface area contributed by atoms with Gasteiger partial charge in [0, 0.05) is 0 Å². The van der Waals surface area contributed by atoms with Crippen LogP contribution in [0.5, 0.6) is 0 Å². The number of nitrogens with one attached hydrogen (secondary N) is 1. The number of carbonyl (C=O) groups is 1. The lowest BCUT2D eigenvalue weighted by atomic mass is 10.0. The van der Waals surface area contributed by atoms with E-state index < -0.39 is 0 Å². The van der Waals surface area contributed by atoms with Gasteiger partial charge in [-0.2, -0.15) is 0 Å². The average Bonchev–Trinajstić information content (AvgIpc) is 3.03. The van der Waals surface area contributed by atoms with Crippen LogP contribution in [0.1, 0.15) is 48.9 Å². The van der Waals surface area contributed by atoms with Crippen molar-refractivity contribution < 1.29 is 4.79 Å². The molecule has 2 aromatic rings. The van der Waals surface area contributed by atoms with Crippen LogP contribution in [-0.4, -0.2) is 11.1 Å². The first-order valence-electron chi connectivity index (χ1n) is 9.43. The van der Waals surface area contributed by atoms with Crippen molar-refractivity contribution in [1.82, 2.24) is 5.32 Å². The number of benzene rings is 2.